The van der Waals surface area contributed by atoms with Gasteiger partial charge in [-0.3, -0.25) is 9.59 Å². The Morgan fingerprint density at radius 2 is 2.17 bits per heavy atom. The molecule has 1 aromatic carbocycles. The van der Waals surface area contributed by atoms with Crippen LogP contribution in [0.2, 0.25) is 0 Å². The summed E-state index contributed by atoms with van der Waals surface area (Å²) in [7, 11) is 0. The highest BCUT2D eigenvalue weighted by atomic mass is 16.5. The van der Waals surface area contributed by atoms with E-state index in [1.54, 1.807) is 4.90 Å². The van der Waals surface area contributed by atoms with E-state index in [1.807, 2.05) is 37.3 Å². The van der Waals surface area contributed by atoms with Gasteiger partial charge in [-0.15, -0.1) is 0 Å². The van der Waals surface area contributed by atoms with Gasteiger partial charge in [-0.1, -0.05) is 30.3 Å². The Kier molecular flexibility index (Phi) is 5.48. The molecule has 2 heterocycles. The lowest BCUT2D eigenvalue weighted by Crippen LogP contribution is -2.58. The minimum atomic E-state index is -0.602. The molecule has 2 aliphatic rings. The molecule has 0 aromatic heterocycles. The summed E-state index contributed by atoms with van der Waals surface area (Å²) in [6, 6.07) is 9.01. The molecule has 0 saturated carbocycles. The smallest absolute Gasteiger partial charge is 0.249 e. The number of nitrogens with zero attached hydrogens (tertiary/aromatic N) is 1. The first-order chi connectivity index (χ1) is 11.6. The fourth-order valence-electron chi connectivity index (χ4n) is 3.21. The van der Waals surface area contributed by atoms with Gasteiger partial charge in [0.1, 0.15) is 12.6 Å². The van der Waals surface area contributed by atoms with Crippen molar-refractivity contribution in [1.29, 1.82) is 0 Å². The standard InChI is InChI=1S/C18H24N2O4/c1-13(16-8-5-9-24-16)19-18(22)15-11-23-12-17(21)20(15)10-14-6-3-2-4-7-14/h2-4,6-7,13,15-16H,5,8-12H2,1H3,(H,19,22)/t13-,15-,16-/m0/s1. The average molecular weight is 332 g/mol. The van der Waals surface area contributed by atoms with Crippen molar-refractivity contribution in [3.8, 4) is 0 Å². The van der Waals surface area contributed by atoms with Crippen LogP contribution in [0.1, 0.15) is 25.3 Å². The molecular weight excluding hydrogens is 308 g/mol. The molecule has 0 bridgehead atoms. The Labute approximate surface area is 142 Å². The highest BCUT2D eigenvalue weighted by molar-refractivity contribution is 5.89. The molecule has 0 spiro atoms. The van der Waals surface area contributed by atoms with Crippen molar-refractivity contribution < 1.29 is 19.1 Å². The van der Waals surface area contributed by atoms with Crippen molar-refractivity contribution in [3.05, 3.63) is 35.9 Å². The van der Waals surface area contributed by atoms with Gasteiger partial charge in [-0.05, 0) is 25.3 Å². The van der Waals surface area contributed by atoms with E-state index in [-0.39, 0.29) is 37.2 Å². The summed E-state index contributed by atoms with van der Waals surface area (Å²) in [6.07, 6.45) is 2.03. The van der Waals surface area contributed by atoms with Gasteiger partial charge in [0.15, 0.2) is 0 Å². The van der Waals surface area contributed by atoms with E-state index in [4.69, 9.17) is 9.47 Å². The first-order valence-electron chi connectivity index (χ1n) is 8.48. The van der Waals surface area contributed by atoms with Crippen LogP contribution in [0.4, 0.5) is 0 Å². The monoisotopic (exact) mass is 332 g/mol. The minimum absolute atomic E-state index is 0.0257. The predicted molar refractivity (Wildman–Crippen MR) is 88.2 cm³/mol. The fraction of sp³-hybridized carbons (Fsp3) is 0.556. The summed E-state index contributed by atoms with van der Waals surface area (Å²) < 4.78 is 10.9. The van der Waals surface area contributed by atoms with Gasteiger partial charge in [0.25, 0.3) is 0 Å². The largest absolute Gasteiger partial charge is 0.376 e. The van der Waals surface area contributed by atoms with E-state index in [1.165, 1.54) is 0 Å². The van der Waals surface area contributed by atoms with E-state index >= 15 is 0 Å². The Balaban J connectivity index is 1.66. The third-order valence-corrected chi connectivity index (χ3v) is 4.59. The SMILES string of the molecule is C[C@H](NC(=O)[C@@H]1COCC(=O)N1Cc1ccccc1)[C@@H]1CCCO1. The summed E-state index contributed by atoms with van der Waals surface area (Å²) in [6.45, 7) is 3.35. The molecule has 2 aliphatic heterocycles. The summed E-state index contributed by atoms with van der Waals surface area (Å²) >= 11 is 0. The number of benzene rings is 1. The normalized spacial score (nSPS) is 25.5. The summed E-state index contributed by atoms with van der Waals surface area (Å²) in [5.41, 5.74) is 0.998. The topological polar surface area (TPSA) is 67.9 Å². The molecule has 1 aromatic rings. The highest BCUT2D eigenvalue weighted by Crippen LogP contribution is 2.17. The van der Waals surface area contributed by atoms with Crippen LogP contribution in [0.25, 0.3) is 0 Å². The van der Waals surface area contributed by atoms with E-state index < -0.39 is 6.04 Å². The first kappa shape index (κ1) is 16.9. The predicted octanol–water partition coefficient (Wildman–Crippen LogP) is 1.10. The van der Waals surface area contributed by atoms with E-state index in [0.717, 1.165) is 25.0 Å². The number of amides is 2. The van der Waals surface area contributed by atoms with Crippen LogP contribution >= 0.6 is 0 Å². The molecular formula is C18H24N2O4. The van der Waals surface area contributed by atoms with Gasteiger partial charge >= 0.3 is 0 Å². The van der Waals surface area contributed by atoms with Gasteiger partial charge in [-0.25, -0.2) is 0 Å². The second-order valence-electron chi connectivity index (χ2n) is 6.39. The summed E-state index contributed by atoms with van der Waals surface area (Å²) in [5, 5.41) is 2.99. The summed E-state index contributed by atoms with van der Waals surface area (Å²) in [5.74, 6) is -0.336. The Hall–Kier alpha value is -1.92. The highest BCUT2D eigenvalue weighted by Gasteiger charge is 2.35. The lowest BCUT2D eigenvalue weighted by Gasteiger charge is -2.35. The number of ether oxygens (including phenoxy) is 2. The molecule has 130 valence electrons. The van der Waals surface area contributed by atoms with Crippen molar-refractivity contribution in [3.63, 3.8) is 0 Å². The van der Waals surface area contributed by atoms with Crippen molar-refractivity contribution in [2.45, 2.75) is 44.5 Å². The quantitative estimate of drug-likeness (QED) is 0.877. The second kappa shape index (κ2) is 7.77. The molecule has 0 radical (unpaired) electrons. The Bertz CT molecular complexity index is 572. The van der Waals surface area contributed by atoms with Crippen molar-refractivity contribution >= 4 is 11.8 Å². The van der Waals surface area contributed by atoms with Gasteiger partial charge in [0, 0.05) is 13.2 Å². The van der Waals surface area contributed by atoms with Crippen LogP contribution in [0.5, 0.6) is 0 Å². The molecule has 3 atom stereocenters. The number of carbonyl (C=O) groups is 2. The van der Waals surface area contributed by atoms with Crippen molar-refractivity contribution in [2.24, 2.45) is 0 Å². The maximum atomic E-state index is 12.7. The van der Waals surface area contributed by atoms with Gasteiger partial charge in [0.05, 0.1) is 18.8 Å². The third kappa shape index (κ3) is 3.94. The second-order valence-corrected chi connectivity index (χ2v) is 6.39. The molecule has 0 aliphatic carbocycles. The molecule has 6 heteroatoms. The van der Waals surface area contributed by atoms with Crippen LogP contribution in [0.3, 0.4) is 0 Å². The zero-order valence-electron chi connectivity index (χ0n) is 13.9. The number of morpholine rings is 1. The van der Waals surface area contributed by atoms with E-state index in [0.29, 0.717) is 6.54 Å². The van der Waals surface area contributed by atoms with Crippen LogP contribution < -0.4 is 5.32 Å². The Morgan fingerprint density at radius 3 is 2.88 bits per heavy atom. The molecule has 2 saturated heterocycles. The number of carbonyl (C=O) groups excluding carboxylic acids is 2. The molecule has 0 unspecified atom stereocenters. The first-order valence-corrected chi connectivity index (χ1v) is 8.48. The number of rotatable bonds is 5. The molecule has 3 rings (SSSR count). The van der Waals surface area contributed by atoms with Crippen LogP contribution in [-0.2, 0) is 25.6 Å². The van der Waals surface area contributed by atoms with E-state index in [9.17, 15) is 9.59 Å². The maximum Gasteiger partial charge on any atom is 0.249 e. The van der Waals surface area contributed by atoms with Crippen LogP contribution in [0.15, 0.2) is 30.3 Å². The lowest BCUT2D eigenvalue weighted by molar-refractivity contribution is -0.156. The molecule has 6 nitrogen and oxygen atoms in total. The maximum absolute atomic E-state index is 12.7. The summed E-state index contributed by atoms with van der Waals surface area (Å²) in [4.78, 5) is 26.5. The van der Waals surface area contributed by atoms with Gasteiger partial charge in [0.2, 0.25) is 11.8 Å². The number of hydrogen-bond acceptors (Lipinski definition) is 4. The van der Waals surface area contributed by atoms with Gasteiger partial charge < -0.3 is 19.7 Å². The molecule has 2 amide bonds. The van der Waals surface area contributed by atoms with Crippen LogP contribution in [0, 0.1) is 0 Å². The van der Waals surface area contributed by atoms with Crippen LogP contribution in [-0.4, -0.2) is 54.7 Å². The minimum Gasteiger partial charge on any atom is -0.376 e. The van der Waals surface area contributed by atoms with E-state index in [2.05, 4.69) is 5.32 Å². The zero-order valence-corrected chi connectivity index (χ0v) is 13.9. The number of nitrogens with one attached hydrogen (secondary N) is 1. The Morgan fingerprint density at radius 1 is 1.38 bits per heavy atom. The molecule has 24 heavy (non-hydrogen) atoms. The molecule has 2 fully saturated rings. The van der Waals surface area contributed by atoms with Gasteiger partial charge in [-0.2, -0.15) is 0 Å². The lowest BCUT2D eigenvalue weighted by atomic mass is 10.1. The fourth-order valence-corrected chi connectivity index (χ4v) is 3.21. The zero-order chi connectivity index (χ0) is 16.9. The van der Waals surface area contributed by atoms with Crippen molar-refractivity contribution in [1.82, 2.24) is 10.2 Å². The third-order valence-electron chi connectivity index (χ3n) is 4.59. The van der Waals surface area contributed by atoms with Crippen molar-refractivity contribution in [2.75, 3.05) is 19.8 Å². The number of hydrogen-bond donors (Lipinski definition) is 1. The molecule has 1 N–H and O–H groups in total. The average Bonchev–Trinajstić information content (AvgIpc) is 3.12.